The summed E-state index contributed by atoms with van der Waals surface area (Å²) in [5.41, 5.74) is -0.774. The zero-order valence-corrected chi connectivity index (χ0v) is 10.0. The molecule has 6 heteroatoms. The first kappa shape index (κ1) is 13.5. The first-order chi connectivity index (χ1) is 7.97. The summed E-state index contributed by atoms with van der Waals surface area (Å²) in [5, 5.41) is 8.89. The number of esters is 1. The van der Waals surface area contributed by atoms with E-state index in [9.17, 15) is 9.59 Å². The average Bonchev–Trinajstić information content (AvgIpc) is 2.27. The number of ether oxygens (including phenoxy) is 2. The van der Waals surface area contributed by atoms with Crippen molar-refractivity contribution in [2.24, 2.45) is 0 Å². The second-order valence-corrected chi connectivity index (χ2v) is 3.95. The van der Waals surface area contributed by atoms with E-state index in [0.29, 0.717) is 19.8 Å². The van der Waals surface area contributed by atoms with Crippen LogP contribution < -0.4 is 0 Å². The van der Waals surface area contributed by atoms with Gasteiger partial charge in [0.1, 0.15) is 5.60 Å². The molecule has 6 nitrogen and oxygen atoms in total. The van der Waals surface area contributed by atoms with Gasteiger partial charge in [-0.15, -0.1) is 0 Å². The maximum atomic E-state index is 11.1. The summed E-state index contributed by atoms with van der Waals surface area (Å²) in [4.78, 5) is 23.2. The quantitative estimate of drug-likeness (QED) is 0.588. The fraction of sp³-hybridized carbons (Fsp3) is 0.636. The molecule has 1 amide bonds. The number of hydrogen-bond donors (Lipinski definition) is 1. The number of nitrogens with zero attached hydrogens (tertiary/aromatic N) is 1. The summed E-state index contributed by atoms with van der Waals surface area (Å²) in [6.07, 6.45) is 1.83. The molecule has 1 N–H and O–H groups in total. The molecule has 1 aliphatic heterocycles. The Hall–Kier alpha value is -1.56. The molecular formula is C11H17NO5. The maximum Gasteiger partial charge on any atom is 0.407 e. The molecule has 1 saturated heterocycles. The highest BCUT2D eigenvalue weighted by Crippen LogP contribution is 2.19. The van der Waals surface area contributed by atoms with Crippen LogP contribution in [0.15, 0.2) is 12.2 Å². The fourth-order valence-electron chi connectivity index (χ4n) is 1.59. The number of amides is 1. The van der Waals surface area contributed by atoms with E-state index in [1.807, 2.05) is 0 Å². The lowest BCUT2D eigenvalue weighted by Crippen LogP contribution is -2.50. The lowest BCUT2D eigenvalue weighted by atomic mass is 10.0. The smallest absolute Gasteiger partial charge is 0.407 e. The number of carbonyl (C=O) groups is 2. The molecule has 0 saturated carbocycles. The Kier molecular flexibility index (Phi) is 4.51. The molecule has 1 heterocycles. The minimum atomic E-state index is -0.982. The van der Waals surface area contributed by atoms with Crippen LogP contribution in [0.25, 0.3) is 0 Å². The molecule has 0 bridgehead atoms. The normalized spacial score (nSPS) is 24.9. The molecule has 96 valence electrons. The maximum absolute atomic E-state index is 11.1. The van der Waals surface area contributed by atoms with Gasteiger partial charge in [0.15, 0.2) is 0 Å². The van der Waals surface area contributed by atoms with E-state index >= 15 is 0 Å². The standard InChI is InChI=1S/C11H17NO5/c1-3-16-9(13)4-5-11(2)8-12(10(14)15)6-7-17-11/h4-5H,3,6-8H2,1-2H3,(H,14,15). The van der Waals surface area contributed by atoms with Crippen molar-refractivity contribution < 1.29 is 24.2 Å². The van der Waals surface area contributed by atoms with Crippen molar-refractivity contribution in [3.05, 3.63) is 12.2 Å². The van der Waals surface area contributed by atoms with Gasteiger partial charge >= 0.3 is 12.1 Å². The third kappa shape index (κ3) is 4.07. The van der Waals surface area contributed by atoms with Crippen LogP contribution in [0.4, 0.5) is 4.79 Å². The van der Waals surface area contributed by atoms with Crippen LogP contribution in [0.1, 0.15) is 13.8 Å². The highest BCUT2D eigenvalue weighted by molar-refractivity contribution is 5.82. The van der Waals surface area contributed by atoms with Crippen LogP contribution in [0, 0.1) is 0 Å². The van der Waals surface area contributed by atoms with E-state index in [1.165, 1.54) is 11.0 Å². The third-order valence-corrected chi connectivity index (χ3v) is 2.43. The van der Waals surface area contributed by atoms with E-state index in [0.717, 1.165) is 0 Å². The molecule has 0 aromatic carbocycles. The van der Waals surface area contributed by atoms with Crippen LogP contribution >= 0.6 is 0 Å². The van der Waals surface area contributed by atoms with Gasteiger partial charge < -0.3 is 19.5 Å². The van der Waals surface area contributed by atoms with Gasteiger partial charge in [0.05, 0.1) is 19.8 Å². The van der Waals surface area contributed by atoms with Crippen LogP contribution in [0.3, 0.4) is 0 Å². The molecule has 0 radical (unpaired) electrons. The molecule has 1 unspecified atom stereocenters. The zero-order valence-electron chi connectivity index (χ0n) is 10.0. The predicted octanol–water partition coefficient (Wildman–Crippen LogP) is 0.875. The van der Waals surface area contributed by atoms with E-state index in [4.69, 9.17) is 14.6 Å². The summed E-state index contributed by atoms with van der Waals surface area (Å²) >= 11 is 0. The van der Waals surface area contributed by atoms with Gasteiger partial charge in [0.2, 0.25) is 0 Å². The molecule has 17 heavy (non-hydrogen) atoms. The molecule has 0 aromatic heterocycles. The molecule has 0 spiro atoms. The topological polar surface area (TPSA) is 76.1 Å². The Morgan fingerprint density at radius 1 is 1.59 bits per heavy atom. The van der Waals surface area contributed by atoms with Crippen molar-refractivity contribution >= 4 is 12.1 Å². The minimum Gasteiger partial charge on any atom is -0.465 e. The van der Waals surface area contributed by atoms with E-state index in [-0.39, 0.29) is 6.54 Å². The molecule has 0 aliphatic carbocycles. The average molecular weight is 243 g/mol. The zero-order chi connectivity index (χ0) is 12.9. The number of carboxylic acid groups (broad SMARTS) is 1. The van der Waals surface area contributed by atoms with Gasteiger partial charge in [0, 0.05) is 12.6 Å². The fourth-order valence-corrected chi connectivity index (χ4v) is 1.59. The monoisotopic (exact) mass is 243 g/mol. The molecule has 1 fully saturated rings. The van der Waals surface area contributed by atoms with Crippen molar-refractivity contribution in [3.63, 3.8) is 0 Å². The molecule has 1 rings (SSSR count). The second-order valence-electron chi connectivity index (χ2n) is 3.95. The SMILES string of the molecule is CCOC(=O)C=CC1(C)CN(C(=O)O)CCO1. The molecular weight excluding hydrogens is 226 g/mol. The summed E-state index contributed by atoms with van der Waals surface area (Å²) < 4.78 is 10.2. The molecule has 1 aliphatic rings. The Balaban J connectivity index is 2.61. The van der Waals surface area contributed by atoms with Gasteiger partial charge in [-0.25, -0.2) is 9.59 Å². The highest BCUT2D eigenvalue weighted by Gasteiger charge is 2.32. The number of carbonyl (C=O) groups excluding carboxylic acids is 1. The predicted molar refractivity (Wildman–Crippen MR) is 59.7 cm³/mol. The Labute approximate surface area is 99.8 Å². The third-order valence-electron chi connectivity index (χ3n) is 2.43. The summed E-state index contributed by atoms with van der Waals surface area (Å²) in [6.45, 7) is 4.63. The van der Waals surface area contributed by atoms with Crippen molar-refractivity contribution in [1.29, 1.82) is 0 Å². The highest BCUT2D eigenvalue weighted by atomic mass is 16.5. The largest absolute Gasteiger partial charge is 0.465 e. The summed E-state index contributed by atoms with van der Waals surface area (Å²) in [6, 6.07) is 0. The first-order valence-electron chi connectivity index (χ1n) is 5.44. The second kappa shape index (κ2) is 5.67. The van der Waals surface area contributed by atoms with Crippen molar-refractivity contribution in [3.8, 4) is 0 Å². The summed E-state index contributed by atoms with van der Waals surface area (Å²) in [5.74, 6) is -0.454. The van der Waals surface area contributed by atoms with Crippen molar-refractivity contribution in [2.75, 3.05) is 26.3 Å². The first-order valence-corrected chi connectivity index (χ1v) is 5.44. The minimum absolute atomic E-state index is 0.207. The van der Waals surface area contributed by atoms with Crippen LogP contribution in [0.5, 0.6) is 0 Å². The van der Waals surface area contributed by atoms with Crippen molar-refractivity contribution in [1.82, 2.24) is 4.90 Å². The van der Waals surface area contributed by atoms with Gasteiger partial charge in [-0.3, -0.25) is 0 Å². The lowest BCUT2D eigenvalue weighted by molar-refractivity contribution is -0.137. The Bertz CT molecular complexity index is 328. The Morgan fingerprint density at radius 3 is 2.88 bits per heavy atom. The Morgan fingerprint density at radius 2 is 2.29 bits per heavy atom. The van der Waals surface area contributed by atoms with E-state index in [2.05, 4.69) is 0 Å². The van der Waals surface area contributed by atoms with Gasteiger partial charge in [0.25, 0.3) is 0 Å². The van der Waals surface area contributed by atoms with Gasteiger partial charge in [-0.2, -0.15) is 0 Å². The molecule has 0 aromatic rings. The summed E-state index contributed by atoms with van der Waals surface area (Å²) in [7, 11) is 0. The van der Waals surface area contributed by atoms with Crippen LogP contribution in [-0.4, -0.2) is 54.0 Å². The number of morpholine rings is 1. The van der Waals surface area contributed by atoms with Crippen molar-refractivity contribution in [2.45, 2.75) is 19.4 Å². The van der Waals surface area contributed by atoms with E-state index < -0.39 is 17.7 Å². The van der Waals surface area contributed by atoms with E-state index in [1.54, 1.807) is 19.9 Å². The number of hydrogen-bond acceptors (Lipinski definition) is 4. The van der Waals surface area contributed by atoms with Gasteiger partial charge in [-0.05, 0) is 19.9 Å². The van der Waals surface area contributed by atoms with Crippen LogP contribution in [-0.2, 0) is 14.3 Å². The van der Waals surface area contributed by atoms with Crippen LogP contribution in [0.2, 0.25) is 0 Å². The lowest BCUT2D eigenvalue weighted by Gasteiger charge is -2.37. The van der Waals surface area contributed by atoms with Gasteiger partial charge in [-0.1, -0.05) is 0 Å². The number of rotatable bonds is 3. The molecule has 1 atom stereocenters.